The maximum Gasteiger partial charge on any atom is 0.345 e. The summed E-state index contributed by atoms with van der Waals surface area (Å²) in [4.78, 5) is 26.7. The monoisotopic (exact) mass is 484 g/mol. The number of rotatable bonds is 9. The average Bonchev–Trinajstić information content (AvgIpc) is 3.15. The van der Waals surface area contributed by atoms with Crippen molar-refractivity contribution >= 4 is 38.4 Å². The highest BCUT2D eigenvalue weighted by Gasteiger charge is 2.37. The SMILES string of the molecule is COC(=O)[C@](C)(COC(F)F)Nc1cn(S(=O)(=O)c2ccccc2)c2ncc([N+](=O)[O-])cc12. The van der Waals surface area contributed by atoms with Crippen LogP contribution in [-0.4, -0.2) is 54.1 Å². The molecule has 2 aromatic heterocycles. The third-order valence-electron chi connectivity index (χ3n) is 4.65. The Kier molecular flexibility index (Phi) is 6.60. The Morgan fingerprint density at radius 2 is 2.00 bits per heavy atom. The fourth-order valence-electron chi connectivity index (χ4n) is 3.06. The summed E-state index contributed by atoms with van der Waals surface area (Å²) in [6.07, 6.45) is 1.93. The van der Waals surface area contributed by atoms with E-state index in [4.69, 9.17) is 0 Å². The van der Waals surface area contributed by atoms with Crippen LogP contribution in [0.2, 0.25) is 0 Å². The molecule has 11 nitrogen and oxygen atoms in total. The van der Waals surface area contributed by atoms with Gasteiger partial charge in [-0.05, 0) is 19.1 Å². The summed E-state index contributed by atoms with van der Waals surface area (Å²) in [6, 6.07) is 8.36. The van der Waals surface area contributed by atoms with Gasteiger partial charge in [-0.1, -0.05) is 18.2 Å². The minimum Gasteiger partial charge on any atom is -0.467 e. The number of halogens is 2. The maximum atomic E-state index is 13.2. The Balaban J connectivity index is 2.21. The summed E-state index contributed by atoms with van der Waals surface area (Å²) in [5.74, 6) is -0.992. The summed E-state index contributed by atoms with van der Waals surface area (Å²) in [6.45, 7) is -2.85. The molecule has 0 saturated heterocycles. The van der Waals surface area contributed by atoms with Gasteiger partial charge in [0.25, 0.3) is 15.7 Å². The summed E-state index contributed by atoms with van der Waals surface area (Å²) in [7, 11) is -3.18. The molecule has 0 spiro atoms. The first-order valence-electron chi connectivity index (χ1n) is 9.22. The lowest BCUT2D eigenvalue weighted by atomic mass is 10.0. The number of hydrogen-bond donors (Lipinski definition) is 1. The van der Waals surface area contributed by atoms with Gasteiger partial charge >= 0.3 is 12.6 Å². The van der Waals surface area contributed by atoms with Crippen LogP contribution in [0.25, 0.3) is 11.0 Å². The van der Waals surface area contributed by atoms with Gasteiger partial charge in [0.1, 0.15) is 6.20 Å². The van der Waals surface area contributed by atoms with Crippen molar-refractivity contribution in [2.45, 2.75) is 24.0 Å². The van der Waals surface area contributed by atoms with Crippen LogP contribution >= 0.6 is 0 Å². The number of nitrogens with zero attached hydrogens (tertiary/aromatic N) is 3. The van der Waals surface area contributed by atoms with Gasteiger partial charge in [0.05, 0.1) is 34.6 Å². The van der Waals surface area contributed by atoms with Crippen LogP contribution in [-0.2, 0) is 24.3 Å². The highest BCUT2D eigenvalue weighted by molar-refractivity contribution is 7.90. The van der Waals surface area contributed by atoms with E-state index in [2.05, 4.69) is 19.8 Å². The molecule has 176 valence electrons. The molecule has 14 heteroatoms. The van der Waals surface area contributed by atoms with E-state index in [0.717, 1.165) is 29.5 Å². The number of esters is 1. The first kappa shape index (κ1) is 24.0. The lowest BCUT2D eigenvalue weighted by Gasteiger charge is -2.28. The van der Waals surface area contributed by atoms with Crippen molar-refractivity contribution in [3.05, 3.63) is 58.9 Å². The summed E-state index contributed by atoms with van der Waals surface area (Å²) >= 11 is 0. The molecular formula is C19H18F2N4O7S. The number of fused-ring (bicyclic) bond motifs is 1. The molecule has 1 N–H and O–H groups in total. The number of methoxy groups -OCH3 is 1. The molecule has 0 unspecified atom stereocenters. The highest BCUT2D eigenvalue weighted by Crippen LogP contribution is 2.33. The lowest BCUT2D eigenvalue weighted by Crippen LogP contribution is -2.48. The van der Waals surface area contributed by atoms with Crippen LogP contribution in [0.4, 0.5) is 20.2 Å². The standard InChI is InChI=1S/C19H18F2N4O7S/c1-19(17(26)31-2,11-32-18(20)21)23-15-10-24(33(29,30)13-6-4-3-5-7-13)16-14(15)8-12(9-22-16)25(27)28/h3-10,18,23H,11H2,1-2H3/t19-/m0/s1. The molecule has 3 rings (SSSR count). The quantitative estimate of drug-likeness (QED) is 0.275. The third-order valence-corrected chi connectivity index (χ3v) is 6.32. The second-order valence-electron chi connectivity index (χ2n) is 7.00. The Labute approximate surface area is 186 Å². The van der Waals surface area contributed by atoms with Gasteiger partial charge in [-0.2, -0.15) is 8.78 Å². The van der Waals surface area contributed by atoms with Crippen molar-refractivity contribution < 1.29 is 36.4 Å². The number of aromatic nitrogens is 2. The Morgan fingerprint density at radius 1 is 1.33 bits per heavy atom. The van der Waals surface area contributed by atoms with E-state index in [9.17, 15) is 32.1 Å². The van der Waals surface area contributed by atoms with Crippen molar-refractivity contribution in [3.63, 3.8) is 0 Å². The third kappa shape index (κ3) is 4.75. The van der Waals surface area contributed by atoms with Gasteiger partial charge < -0.3 is 14.8 Å². The van der Waals surface area contributed by atoms with Crippen molar-refractivity contribution in [1.29, 1.82) is 0 Å². The molecule has 0 saturated carbocycles. The van der Waals surface area contributed by atoms with Crippen LogP contribution in [0, 0.1) is 10.1 Å². The summed E-state index contributed by atoms with van der Waals surface area (Å²) < 4.78 is 61.4. The molecule has 0 bridgehead atoms. The van der Waals surface area contributed by atoms with E-state index < -0.39 is 45.4 Å². The second kappa shape index (κ2) is 9.07. The molecular weight excluding hydrogens is 466 g/mol. The van der Waals surface area contributed by atoms with Gasteiger partial charge in [0.2, 0.25) is 0 Å². The zero-order chi connectivity index (χ0) is 24.4. The van der Waals surface area contributed by atoms with E-state index in [1.165, 1.54) is 31.2 Å². The van der Waals surface area contributed by atoms with Gasteiger partial charge in [0.15, 0.2) is 11.2 Å². The minimum absolute atomic E-state index is 0.0455. The molecule has 2 heterocycles. The smallest absolute Gasteiger partial charge is 0.345 e. The Morgan fingerprint density at radius 3 is 2.58 bits per heavy atom. The van der Waals surface area contributed by atoms with Gasteiger partial charge in [-0.25, -0.2) is 22.2 Å². The van der Waals surface area contributed by atoms with Crippen LogP contribution in [0.3, 0.4) is 0 Å². The van der Waals surface area contributed by atoms with Crippen LogP contribution < -0.4 is 5.32 Å². The number of hydrogen-bond acceptors (Lipinski definition) is 9. The first-order valence-corrected chi connectivity index (χ1v) is 10.7. The highest BCUT2D eigenvalue weighted by atomic mass is 32.2. The topological polar surface area (TPSA) is 143 Å². The van der Waals surface area contributed by atoms with Crippen molar-refractivity contribution in [3.8, 4) is 0 Å². The van der Waals surface area contributed by atoms with E-state index in [1.54, 1.807) is 6.07 Å². The molecule has 1 aromatic carbocycles. The van der Waals surface area contributed by atoms with E-state index in [-0.39, 0.29) is 21.6 Å². The number of anilines is 1. The predicted molar refractivity (Wildman–Crippen MR) is 111 cm³/mol. The van der Waals surface area contributed by atoms with Crippen molar-refractivity contribution in [2.75, 3.05) is 19.0 Å². The zero-order valence-electron chi connectivity index (χ0n) is 17.3. The number of nitro groups is 1. The van der Waals surface area contributed by atoms with E-state index in [1.807, 2.05) is 0 Å². The van der Waals surface area contributed by atoms with Crippen molar-refractivity contribution in [1.82, 2.24) is 8.96 Å². The molecule has 3 aromatic rings. The molecule has 0 radical (unpaired) electrons. The predicted octanol–water partition coefficient (Wildman–Crippen LogP) is 2.76. The van der Waals surface area contributed by atoms with Crippen LogP contribution in [0.1, 0.15) is 6.92 Å². The van der Waals surface area contributed by atoms with Crippen LogP contribution in [0.5, 0.6) is 0 Å². The van der Waals surface area contributed by atoms with Gasteiger partial charge in [-0.15, -0.1) is 0 Å². The molecule has 0 aliphatic carbocycles. The summed E-state index contributed by atoms with van der Waals surface area (Å²) in [5.41, 5.74) is -2.64. The Bertz CT molecular complexity index is 1300. The molecule has 33 heavy (non-hydrogen) atoms. The van der Waals surface area contributed by atoms with Gasteiger partial charge in [0, 0.05) is 12.3 Å². The number of ether oxygens (including phenoxy) is 2. The number of carbonyl (C=O) groups is 1. The second-order valence-corrected chi connectivity index (χ2v) is 8.81. The number of pyridine rings is 1. The van der Waals surface area contributed by atoms with Gasteiger partial charge in [-0.3, -0.25) is 10.1 Å². The van der Waals surface area contributed by atoms with E-state index >= 15 is 0 Å². The normalized spacial score (nSPS) is 13.6. The fraction of sp³-hybridized carbons (Fsp3) is 0.263. The number of nitrogens with one attached hydrogen (secondary N) is 1. The Hall–Kier alpha value is -3.65. The molecule has 1 atom stereocenters. The number of carbonyl (C=O) groups excluding carboxylic acids is 1. The molecule has 0 aliphatic rings. The summed E-state index contributed by atoms with van der Waals surface area (Å²) in [5, 5.41) is 13.8. The zero-order valence-corrected chi connectivity index (χ0v) is 18.1. The molecule has 0 aliphatic heterocycles. The average molecular weight is 484 g/mol. The number of benzene rings is 1. The fourth-order valence-corrected chi connectivity index (χ4v) is 4.40. The van der Waals surface area contributed by atoms with E-state index in [0.29, 0.717) is 0 Å². The maximum absolute atomic E-state index is 13.2. The lowest BCUT2D eigenvalue weighted by molar-refractivity contribution is -0.385. The van der Waals surface area contributed by atoms with Crippen LogP contribution in [0.15, 0.2) is 53.7 Å². The first-order chi connectivity index (χ1) is 15.5. The van der Waals surface area contributed by atoms with Crippen molar-refractivity contribution in [2.24, 2.45) is 0 Å². The number of alkyl halides is 2. The molecule has 0 amide bonds. The minimum atomic E-state index is -4.21. The molecule has 0 fully saturated rings. The largest absolute Gasteiger partial charge is 0.467 e.